The average Bonchev–Trinajstić information content (AvgIpc) is 2.67. The second-order valence-corrected chi connectivity index (χ2v) is 6.10. The number of ketones is 1. The number of halogens is 1. The molecule has 1 aromatic heterocycles. The monoisotopic (exact) mass is 391 g/mol. The number of Topliss-reactive ketones (excluding diaryl/α,β-unsaturated/α-hetero) is 1. The van der Waals surface area contributed by atoms with Crippen molar-refractivity contribution in [2.45, 2.75) is 12.3 Å². The van der Waals surface area contributed by atoms with Gasteiger partial charge in [-0.2, -0.15) is 4.73 Å². The van der Waals surface area contributed by atoms with E-state index in [-0.39, 0.29) is 17.1 Å². The Morgan fingerprint density at radius 3 is 2.19 bits per heavy atom. The van der Waals surface area contributed by atoms with Crippen LogP contribution in [0.25, 0.3) is 0 Å². The third kappa shape index (κ3) is 4.62. The highest BCUT2D eigenvalue weighted by molar-refractivity contribution is 6.31. The molecule has 7 nitrogen and oxygen atoms in total. The van der Waals surface area contributed by atoms with Gasteiger partial charge in [0.25, 0.3) is 5.69 Å². The molecule has 0 amide bonds. The molecule has 0 unspecified atom stereocenters. The van der Waals surface area contributed by atoms with Crippen molar-refractivity contribution in [3.05, 3.63) is 70.1 Å². The maximum Gasteiger partial charge on any atom is 0.320 e. The second-order valence-electron chi connectivity index (χ2n) is 5.69. The van der Waals surface area contributed by atoms with Gasteiger partial charge in [-0.3, -0.25) is 14.4 Å². The molecule has 0 radical (unpaired) electrons. The first-order valence-electron chi connectivity index (χ1n) is 8.02. The van der Waals surface area contributed by atoms with E-state index in [0.717, 1.165) is 14.2 Å². The zero-order chi connectivity index (χ0) is 20.0. The summed E-state index contributed by atoms with van der Waals surface area (Å²) in [6, 6.07) is 10.9. The van der Waals surface area contributed by atoms with Gasteiger partial charge in [0, 0.05) is 29.5 Å². The van der Waals surface area contributed by atoms with Gasteiger partial charge in [0.1, 0.15) is 0 Å². The minimum Gasteiger partial charge on any atom is -0.618 e. The normalized spacial score (nSPS) is 11.7. The third-order valence-electron chi connectivity index (χ3n) is 4.13. The van der Waals surface area contributed by atoms with Crippen molar-refractivity contribution in [1.82, 2.24) is 0 Å². The van der Waals surface area contributed by atoms with Gasteiger partial charge in [-0.25, -0.2) is 0 Å². The van der Waals surface area contributed by atoms with E-state index in [1.54, 1.807) is 30.3 Å². The summed E-state index contributed by atoms with van der Waals surface area (Å²) in [6.45, 7) is 0. The minimum atomic E-state index is -1.41. The summed E-state index contributed by atoms with van der Waals surface area (Å²) in [6.07, 6.45) is 0.876. The van der Waals surface area contributed by atoms with Gasteiger partial charge < -0.3 is 14.7 Å². The number of hydrogen-bond acceptors (Lipinski definition) is 6. The van der Waals surface area contributed by atoms with Crippen molar-refractivity contribution < 1.29 is 28.6 Å². The Morgan fingerprint density at radius 1 is 1.04 bits per heavy atom. The molecular formula is C19H18ClNO6. The Bertz CT molecular complexity index is 838. The van der Waals surface area contributed by atoms with Crippen molar-refractivity contribution in [3.8, 4) is 0 Å². The smallest absolute Gasteiger partial charge is 0.320 e. The van der Waals surface area contributed by atoms with E-state index in [1.807, 2.05) is 0 Å². The molecule has 0 spiro atoms. The molecule has 0 saturated heterocycles. The zero-order valence-electron chi connectivity index (χ0n) is 14.8. The molecule has 8 heteroatoms. The van der Waals surface area contributed by atoms with Crippen LogP contribution >= 0.6 is 11.6 Å². The molecule has 2 rings (SSSR count). The average molecular weight is 392 g/mol. The largest absolute Gasteiger partial charge is 0.618 e. The van der Waals surface area contributed by atoms with Crippen LogP contribution in [0.2, 0.25) is 5.02 Å². The van der Waals surface area contributed by atoms with E-state index in [1.165, 1.54) is 18.3 Å². The highest BCUT2D eigenvalue weighted by Gasteiger charge is 2.40. The van der Waals surface area contributed by atoms with E-state index in [0.29, 0.717) is 10.3 Å². The van der Waals surface area contributed by atoms with Crippen LogP contribution < -0.4 is 4.73 Å². The number of carbonyl (C=O) groups is 3. The summed E-state index contributed by atoms with van der Waals surface area (Å²) in [5.41, 5.74) is 0.296. The fourth-order valence-corrected chi connectivity index (χ4v) is 3.09. The molecule has 0 aliphatic carbocycles. The number of benzene rings is 1. The van der Waals surface area contributed by atoms with Gasteiger partial charge in [-0.1, -0.05) is 29.8 Å². The number of rotatable bonds is 7. The van der Waals surface area contributed by atoms with E-state index < -0.39 is 29.6 Å². The number of methoxy groups -OCH3 is 2. The molecule has 2 aromatic rings. The highest BCUT2D eigenvalue weighted by atomic mass is 35.5. The summed E-state index contributed by atoms with van der Waals surface area (Å²) in [5.74, 6) is -4.64. The summed E-state index contributed by atoms with van der Waals surface area (Å²) >= 11 is 6.24. The fourth-order valence-electron chi connectivity index (χ4n) is 2.81. The van der Waals surface area contributed by atoms with Gasteiger partial charge in [0.05, 0.1) is 14.2 Å². The first kappa shape index (κ1) is 20.4. The van der Waals surface area contributed by atoms with Crippen molar-refractivity contribution in [2.24, 2.45) is 5.92 Å². The van der Waals surface area contributed by atoms with Crippen molar-refractivity contribution in [2.75, 3.05) is 14.2 Å². The van der Waals surface area contributed by atoms with Crippen LogP contribution in [0.1, 0.15) is 28.4 Å². The van der Waals surface area contributed by atoms with Gasteiger partial charge in [-0.15, -0.1) is 0 Å². The van der Waals surface area contributed by atoms with E-state index in [9.17, 15) is 19.6 Å². The van der Waals surface area contributed by atoms with Crippen LogP contribution in [0, 0.1) is 11.1 Å². The topological polar surface area (TPSA) is 96.6 Å². The molecule has 0 N–H and O–H groups in total. The molecule has 1 heterocycles. The lowest BCUT2D eigenvalue weighted by atomic mass is 9.81. The van der Waals surface area contributed by atoms with Gasteiger partial charge in [-0.05, 0) is 17.7 Å². The SMILES string of the molecule is COC(=O)C(C(=O)OC)[C@H](CC(=O)c1cccc[n+]1[O-])c1ccccc1Cl. The third-order valence-corrected chi connectivity index (χ3v) is 4.48. The first-order valence-corrected chi connectivity index (χ1v) is 8.40. The quantitative estimate of drug-likeness (QED) is 0.236. The number of ether oxygens (including phenoxy) is 2. The molecule has 0 aliphatic heterocycles. The lowest BCUT2D eigenvalue weighted by molar-refractivity contribution is -0.607. The zero-order valence-corrected chi connectivity index (χ0v) is 15.5. The predicted molar refractivity (Wildman–Crippen MR) is 96.1 cm³/mol. The summed E-state index contributed by atoms with van der Waals surface area (Å²) in [4.78, 5) is 37.3. The molecule has 0 aliphatic rings. The number of hydrogen-bond donors (Lipinski definition) is 0. The van der Waals surface area contributed by atoms with Crippen LogP contribution in [-0.2, 0) is 19.1 Å². The van der Waals surface area contributed by atoms with E-state index in [2.05, 4.69) is 0 Å². The number of esters is 2. The Balaban J connectivity index is 2.51. The maximum atomic E-state index is 12.7. The summed E-state index contributed by atoms with van der Waals surface area (Å²) in [5, 5.41) is 12.2. The first-order chi connectivity index (χ1) is 12.9. The summed E-state index contributed by atoms with van der Waals surface area (Å²) in [7, 11) is 2.26. The van der Waals surface area contributed by atoms with Crippen LogP contribution in [0.4, 0.5) is 0 Å². The Labute approximate surface area is 161 Å². The maximum absolute atomic E-state index is 12.7. The van der Waals surface area contributed by atoms with Crippen LogP contribution in [-0.4, -0.2) is 31.9 Å². The molecule has 0 bridgehead atoms. The molecular weight excluding hydrogens is 374 g/mol. The minimum absolute atomic E-state index is 0.108. The second kappa shape index (κ2) is 9.14. The van der Waals surface area contributed by atoms with Gasteiger partial charge in [0.2, 0.25) is 5.78 Å². The van der Waals surface area contributed by atoms with Crippen LogP contribution in [0.15, 0.2) is 48.7 Å². The highest BCUT2D eigenvalue weighted by Crippen LogP contribution is 2.35. The van der Waals surface area contributed by atoms with Gasteiger partial charge in [0.15, 0.2) is 12.1 Å². The van der Waals surface area contributed by atoms with Crippen LogP contribution in [0.5, 0.6) is 0 Å². The molecule has 1 atom stereocenters. The molecule has 0 fully saturated rings. The van der Waals surface area contributed by atoms with Gasteiger partial charge >= 0.3 is 11.9 Å². The Kier molecular flexibility index (Phi) is 6.90. The lowest BCUT2D eigenvalue weighted by Crippen LogP contribution is -2.37. The molecule has 1 aromatic carbocycles. The standard InChI is InChI=1S/C19H18ClNO6/c1-26-18(23)17(19(24)27-2)13(12-7-3-4-8-14(12)20)11-16(22)15-9-5-6-10-21(15)25/h3-10,13,17H,11H2,1-2H3/t13-/m1/s1. The lowest BCUT2D eigenvalue weighted by Gasteiger charge is -2.24. The number of pyridine rings is 1. The van der Waals surface area contributed by atoms with Crippen molar-refractivity contribution in [3.63, 3.8) is 0 Å². The summed E-state index contributed by atoms with van der Waals surface area (Å²) < 4.78 is 9.88. The number of nitrogens with zero attached hydrogens (tertiary/aromatic N) is 1. The molecule has 0 saturated carbocycles. The molecule has 27 heavy (non-hydrogen) atoms. The van der Waals surface area contributed by atoms with Crippen LogP contribution in [0.3, 0.4) is 0 Å². The Morgan fingerprint density at radius 2 is 1.63 bits per heavy atom. The van der Waals surface area contributed by atoms with E-state index >= 15 is 0 Å². The van der Waals surface area contributed by atoms with Crippen molar-refractivity contribution >= 4 is 29.3 Å². The van der Waals surface area contributed by atoms with Crippen molar-refractivity contribution in [1.29, 1.82) is 0 Å². The Hall–Kier alpha value is -2.93. The fraction of sp³-hybridized carbons (Fsp3) is 0.263. The van der Waals surface area contributed by atoms with E-state index in [4.69, 9.17) is 21.1 Å². The predicted octanol–water partition coefficient (Wildman–Crippen LogP) is 2.29. The molecule has 142 valence electrons. The number of carbonyl (C=O) groups excluding carboxylic acids is 3. The number of aromatic nitrogens is 1.